The van der Waals surface area contributed by atoms with Crippen LogP contribution in [-0.2, 0) is 9.59 Å². The SMILES string of the molecule is CCC(=O)C1=C(C(=O)CC)CCC1. The van der Waals surface area contributed by atoms with Gasteiger partial charge in [-0.15, -0.1) is 0 Å². The van der Waals surface area contributed by atoms with E-state index in [1.54, 1.807) is 0 Å². The van der Waals surface area contributed by atoms with Gasteiger partial charge in [0.05, 0.1) is 0 Å². The maximum absolute atomic E-state index is 11.4. The van der Waals surface area contributed by atoms with Crippen molar-refractivity contribution in [3.05, 3.63) is 11.1 Å². The lowest BCUT2D eigenvalue weighted by molar-refractivity contribution is -0.117. The molecular formula is C11H16O2. The van der Waals surface area contributed by atoms with Crippen LogP contribution in [0.5, 0.6) is 0 Å². The van der Waals surface area contributed by atoms with E-state index < -0.39 is 0 Å². The largest absolute Gasteiger partial charge is 0.295 e. The zero-order valence-corrected chi connectivity index (χ0v) is 8.35. The summed E-state index contributed by atoms with van der Waals surface area (Å²) in [4.78, 5) is 22.9. The maximum Gasteiger partial charge on any atom is 0.158 e. The van der Waals surface area contributed by atoms with Crippen molar-refractivity contribution in [1.82, 2.24) is 0 Å². The predicted octanol–water partition coefficient (Wildman–Crippen LogP) is 2.43. The van der Waals surface area contributed by atoms with E-state index in [2.05, 4.69) is 0 Å². The molecule has 1 aliphatic carbocycles. The quantitative estimate of drug-likeness (QED) is 0.665. The highest BCUT2D eigenvalue weighted by molar-refractivity contribution is 6.06. The molecule has 0 saturated heterocycles. The van der Waals surface area contributed by atoms with E-state index in [-0.39, 0.29) is 11.6 Å². The van der Waals surface area contributed by atoms with Crippen molar-refractivity contribution in [3.63, 3.8) is 0 Å². The highest BCUT2D eigenvalue weighted by atomic mass is 16.1. The van der Waals surface area contributed by atoms with Gasteiger partial charge in [0.1, 0.15) is 0 Å². The fraction of sp³-hybridized carbons (Fsp3) is 0.636. The lowest BCUT2D eigenvalue weighted by atomic mass is 10.0. The van der Waals surface area contributed by atoms with Gasteiger partial charge in [-0.2, -0.15) is 0 Å². The van der Waals surface area contributed by atoms with Crippen molar-refractivity contribution in [2.75, 3.05) is 0 Å². The van der Waals surface area contributed by atoms with E-state index in [1.165, 1.54) is 0 Å². The predicted molar refractivity (Wildman–Crippen MR) is 51.5 cm³/mol. The van der Waals surface area contributed by atoms with Crippen molar-refractivity contribution < 1.29 is 9.59 Å². The minimum Gasteiger partial charge on any atom is -0.295 e. The zero-order valence-electron chi connectivity index (χ0n) is 8.35. The van der Waals surface area contributed by atoms with Crippen molar-refractivity contribution in [2.45, 2.75) is 46.0 Å². The average molecular weight is 180 g/mol. The number of hydrogen-bond acceptors (Lipinski definition) is 2. The van der Waals surface area contributed by atoms with Gasteiger partial charge in [-0.25, -0.2) is 0 Å². The van der Waals surface area contributed by atoms with E-state index in [1.807, 2.05) is 13.8 Å². The highest BCUT2D eigenvalue weighted by Crippen LogP contribution is 2.28. The van der Waals surface area contributed by atoms with E-state index >= 15 is 0 Å². The Balaban J connectivity index is 2.89. The number of rotatable bonds is 4. The Bertz CT molecular complexity index is 235. The Morgan fingerprint density at radius 3 is 1.69 bits per heavy atom. The number of ketones is 2. The van der Waals surface area contributed by atoms with Crippen LogP contribution in [-0.4, -0.2) is 11.6 Å². The Labute approximate surface area is 79.0 Å². The number of hydrogen-bond donors (Lipinski definition) is 0. The van der Waals surface area contributed by atoms with Gasteiger partial charge in [0, 0.05) is 24.0 Å². The molecule has 0 aromatic rings. The summed E-state index contributed by atoms with van der Waals surface area (Å²) >= 11 is 0. The average Bonchev–Trinajstić information content (AvgIpc) is 2.63. The zero-order chi connectivity index (χ0) is 9.84. The number of Topliss-reactive ketones (excluding diaryl/α,β-unsaturated/α-hetero) is 2. The smallest absolute Gasteiger partial charge is 0.158 e. The first-order chi connectivity index (χ1) is 6.20. The fourth-order valence-electron chi connectivity index (χ4n) is 1.79. The first kappa shape index (κ1) is 10.2. The normalized spacial score (nSPS) is 16.5. The molecule has 0 N–H and O–H groups in total. The van der Waals surface area contributed by atoms with Crippen LogP contribution in [0.25, 0.3) is 0 Å². The molecule has 0 aliphatic heterocycles. The third-order valence-corrected chi connectivity index (χ3v) is 2.53. The van der Waals surface area contributed by atoms with Gasteiger partial charge in [-0.3, -0.25) is 9.59 Å². The van der Waals surface area contributed by atoms with Gasteiger partial charge in [-0.1, -0.05) is 13.8 Å². The topological polar surface area (TPSA) is 34.1 Å². The summed E-state index contributed by atoms with van der Waals surface area (Å²) in [5.41, 5.74) is 1.63. The molecule has 0 saturated carbocycles. The molecule has 2 nitrogen and oxygen atoms in total. The molecule has 72 valence electrons. The minimum absolute atomic E-state index is 0.161. The van der Waals surface area contributed by atoms with Crippen LogP contribution in [0.3, 0.4) is 0 Å². The summed E-state index contributed by atoms with van der Waals surface area (Å²) in [5.74, 6) is 0.323. The van der Waals surface area contributed by atoms with Crippen molar-refractivity contribution in [3.8, 4) is 0 Å². The molecule has 1 aliphatic rings. The molecular weight excluding hydrogens is 164 g/mol. The molecule has 0 bridgehead atoms. The molecule has 0 heterocycles. The Hall–Kier alpha value is -0.920. The second kappa shape index (κ2) is 4.35. The molecule has 0 aromatic carbocycles. The lowest BCUT2D eigenvalue weighted by Gasteiger charge is -2.02. The van der Waals surface area contributed by atoms with Crippen LogP contribution < -0.4 is 0 Å². The van der Waals surface area contributed by atoms with Gasteiger partial charge in [0.15, 0.2) is 11.6 Å². The van der Waals surface area contributed by atoms with E-state index in [9.17, 15) is 9.59 Å². The van der Waals surface area contributed by atoms with Gasteiger partial charge >= 0.3 is 0 Å². The second-order valence-electron chi connectivity index (χ2n) is 3.36. The fourth-order valence-corrected chi connectivity index (χ4v) is 1.79. The molecule has 0 unspecified atom stereocenters. The number of carbonyl (C=O) groups is 2. The van der Waals surface area contributed by atoms with E-state index in [0.29, 0.717) is 12.8 Å². The van der Waals surface area contributed by atoms with Gasteiger partial charge in [0.25, 0.3) is 0 Å². The van der Waals surface area contributed by atoms with Crippen molar-refractivity contribution in [1.29, 1.82) is 0 Å². The second-order valence-corrected chi connectivity index (χ2v) is 3.36. The minimum atomic E-state index is 0.161. The Morgan fingerprint density at radius 2 is 1.38 bits per heavy atom. The van der Waals surface area contributed by atoms with E-state index in [0.717, 1.165) is 30.4 Å². The summed E-state index contributed by atoms with van der Waals surface area (Å²) in [6.45, 7) is 3.70. The molecule has 0 aromatic heterocycles. The summed E-state index contributed by atoms with van der Waals surface area (Å²) in [5, 5.41) is 0. The third kappa shape index (κ3) is 2.06. The van der Waals surface area contributed by atoms with E-state index in [4.69, 9.17) is 0 Å². The summed E-state index contributed by atoms with van der Waals surface area (Å²) < 4.78 is 0. The molecule has 0 radical (unpaired) electrons. The highest BCUT2D eigenvalue weighted by Gasteiger charge is 2.22. The monoisotopic (exact) mass is 180 g/mol. The molecule has 0 amide bonds. The van der Waals surface area contributed by atoms with Crippen molar-refractivity contribution in [2.24, 2.45) is 0 Å². The lowest BCUT2D eigenvalue weighted by Crippen LogP contribution is -2.06. The van der Waals surface area contributed by atoms with Crippen LogP contribution in [0.4, 0.5) is 0 Å². The number of allylic oxidation sites excluding steroid dienone is 2. The Morgan fingerprint density at radius 1 is 1.00 bits per heavy atom. The van der Waals surface area contributed by atoms with Gasteiger partial charge < -0.3 is 0 Å². The van der Waals surface area contributed by atoms with Gasteiger partial charge in [0.2, 0.25) is 0 Å². The van der Waals surface area contributed by atoms with Crippen LogP contribution in [0.2, 0.25) is 0 Å². The maximum atomic E-state index is 11.4. The third-order valence-electron chi connectivity index (χ3n) is 2.53. The molecule has 13 heavy (non-hydrogen) atoms. The number of carbonyl (C=O) groups excluding carboxylic acids is 2. The van der Waals surface area contributed by atoms with Crippen LogP contribution >= 0.6 is 0 Å². The Kier molecular flexibility index (Phi) is 3.40. The summed E-state index contributed by atoms with van der Waals surface area (Å²) in [6.07, 6.45) is 3.65. The van der Waals surface area contributed by atoms with Crippen LogP contribution in [0.1, 0.15) is 46.0 Å². The molecule has 0 spiro atoms. The standard InChI is InChI=1S/C11H16O2/c1-3-10(12)8-6-5-7-9(8)11(13)4-2/h3-7H2,1-2H3. The molecule has 0 fully saturated rings. The first-order valence-corrected chi connectivity index (χ1v) is 4.99. The van der Waals surface area contributed by atoms with Crippen LogP contribution in [0.15, 0.2) is 11.1 Å². The molecule has 1 rings (SSSR count). The molecule has 2 heteroatoms. The molecule has 0 atom stereocenters. The van der Waals surface area contributed by atoms with Crippen LogP contribution in [0, 0.1) is 0 Å². The van der Waals surface area contributed by atoms with Crippen molar-refractivity contribution >= 4 is 11.6 Å². The summed E-state index contributed by atoms with van der Waals surface area (Å²) in [7, 11) is 0. The first-order valence-electron chi connectivity index (χ1n) is 4.99. The summed E-state index contributed by atoms with van der Waals surface area (Å²) in [6, 6.07) is 0. The van der Waals surface area contributed by atoms with Gasteiger partial charge in [-0.05, 0) is 19.3 Å².